The van der Waals surface area contributed by atoms with Crippen LogP contribution in [0.15, 0.2) is 93.0 Å². The fraction of sp³-hybridized carbons (Fsp3) is 0.185. The number of methoxy groups -OCH3 is 1. The molecule has 1 heterocycles. The van der Waals surface area contributed by atoms with Gasteiger partial charge in [-0.3, -0.25) is 0 Å². The van der Waals surface area contributed by atoms with Crippen molar-refractivity contribution in [1.29, 1.82) is 0 Å². The topological polar surface area (TPSA) is 97.2 Å². The average molecular weight is 555 g/mol. The van der Waals surface area contributed by atoms with Crippen molar-refractivity contribution < 1.29 is 22.6 Å². The lowest BCUT2D eigenvalue weighted by atomic mass is 10.1. The van der Waals surface area contributed by atoms with E-state index >= 15 is 0 Å². The maximum absolute atomic E-state index is 12.2. The third-order valence-corrected chi connectivity index (χ3v) is 6.46. The number of hydrogen-bond donors (Lipinski definition) is 1. The van der Waals surface area contributed by atoms with Crippen molar-refractivity contribution >= 4 is 46.7 Å². The van der Waals surface area contributed by atoms with Crippen molar-refractivity contribution in [2.75, 3.05) is 24.3 Å². The van der Waals surface area contributed by atoms with E-state index in [1.807, 2.05) is 36.4 Å². The predicted octanol–water partition coefficient (Wildman–Crippen LogP) is 5.99. The number of rotatable bonds is 8. The Balaban J connectivity index is 1.36. The van der Waals surface area contributed by atoms with E-state index < -0.39 is 6.36 Å². The molecule has 0 atom stereocenters. The van der Waals surface area contributed by atoms with Crippen LogP contribution in [0, 0.1) is 0 Å². The minimum atomic E-state index is -4.74. The molecule has 1 aliphatic heterocycles. The van der Waals surface area contributed by atoms with Gasteiger partial charge in [0.05, 0.1) is 19.0 Å². The van der Waals surface area contributed by atoms with Gasteiger partial charge in [0.25, 0.3) is 0 Å². The molecule has 8 nitrogen and oxygen atoms in total. The van der Waals surface area contributed by atoms with E-state index in [2.05, 4.69) is 29.8 Å². The zero-order chi connectivity index (χ0) is 27.7. The van der Waals surface area contributed by atoms with Crippen molar-refractivity contribution in [3.05, 3.63) is 83.9 Å². The summed E-state index contributed by atoms with van der Waals surface area (Å²) in [6.07, 6.45) is -0.792. The van der Waals surface area contributed by atoms with Crippen molar-refractivity contribution in [3.63, 3.8) is 0 Å². The molecule has 3 aromatic rings. The average Bonchev–Trinajstić information content (AvgIpc) is 2.94. The molecule has 0 saturated carbocycles. The molecule has 1 saturated heterocycles. The minimum absolute atomic E-state index is 0.230. The monoisotopic (exact) mass is 554 g/mol. The summed E-state index contributed by atoms with van der Waals surface area (Å²) in [5.74, 6) is 1.68. The normalized spacial score (nSPS) is 15.8. The van der Waals surface area contributed by atoms with E-state index in [1.165, 1.54) is 30.6 Å². The van der Waals surface area contributed by atoms with Gasteiger partial charge >= 0.3 is 6.36 Å². The van der Waals surface area contributed by atoms with Crippen LogP contribution < -0.4 is 20.1 Å². The molecular formula is C27H25F3N6O2S. The number of anilines is 1. The van der Waals surface area contributed by atoms with Crippen LogP contribution in [-0.4, -0.2) is 49.3 Å². The third kappa shape index (κ3) is 8.34. The number of nitrogens with two attached hydrogens (primary N) is 1. The first-order chi connectivity index (χ1) is 18.8. The molecule has 1 fully saturated rings. The zero-order valence-electron chi connectivity index (χ0n) is 20.9. The number of halogens is 3. The first-order valence-electron chi connectivity index (χ1n) is 11.8. The SMILES string of the molecule is COc1ccc(N2CCCS/C2=N\N=C\c2ccc(C(N)=NC=Nc3ccc(OC(F)(F)F)cc3)cc2)cc1. The van der Waals surface area contributed by atoms with Crippen LogP contribution >= 0.6 is 11.8 Å². The fourth-order valence-electron chi connectivity index (χ4n) is 3.50. The summed E-state index contributed by atoms with van der Waals surface area (Å²) in [6.45, 7) is 0.863. The Morgan fingerprint density at radius 3 is 2.33 bits per heavy atom. The van der Waals surface area contributed by atoms with E-state index in [0.29, 0.717) is 11.3 Å². The summed E-state index contributed by atoms with van der Waals surface area (Å²) >= 11 is 1.66. The van der Waals surface area contributed by atoms with Gasteiger partial charge in [-0.2, -0.15) is 5.10 Å². The summed E-state index contributed by atoms with van der Waals surface area (Å²) in [6, 6.07) is 20.2. The van der Waals surface area contributed by atoms with Gasteiger partial charge in [-0.25, -0.2) is 9.98 Å². The first kappa shape index (κ1) is 27.7. The number of amidine groups is 2. The van der Waals surface area contributed by atoms with Gasteiger partial charge in [0, 0.05) is 23.5 Å². The van der Waals surface area contributed by atoms with Crippen molar-refractivity contribution in [2.45, 2.75) is 12.8 Å². The van der Waals surface area contributed by atoms with Crippen LogP contribution in [0.2, 0.25) is 0 Å². The maximum atomic E-state index is 12.2. The molecule has 39 heavy (non-hydrogen) atoms. The number of nitrogens with zero attached hydrogens (tertiary/aromatic N) is 5. The number of aliphatic imine (C=N–C) groups is 2. The Morgan fingerprint density at radius 1 is 0.974 bits per heavy atom. The highest BCUT2D eigenvalue weighted by molar-refractivity contribution is 8.14. The fourth-order valence-corrected chi connectivity index (χ4v) is 4.41. The maximum Gasteiger partial charge on any atom is 0.573 e. The number of alkyl halides is 3. The lowest BCUT2D eigenvalue weighted by Gasteiger charge is -2.28. The summed E-state index contributed by atoms with van der Waals surface area (Å²) < 4.78 is 45.8. The van der Waals surface area contributed by atoms with Crippen LogP contribution in [0.1, 0.15) is 17.5 Å². The van der Waals surface area contributed by atoms with Gasteiger partial charge in [0.15, 0.2) is 5.17 Å². The third-order valence-electron chi connectivity index (χ3n) is 5.40. The number of hydrogen-bond acceptors (Lipinski definition) is 6. The summed E-state index contributed by atoms with van der Waals surface area (Å²) in [5, 5.41) is 9.55. The zero-order valence-corrected chi connectivity index (χ0v) is 21.7. The lowest BCUT2D eigenvalue weighted by molar-refractivity contribution is -0.274. The van der Waals surface area contributed by atoms with E-state index in [9.17, 15) is 13.2 Å². The number of ether oxygens (including phenoxy) is 2. The summed E-state index contributed by atoms with van der Waals surface area (Å²) in [7, 11) is 1.64. The minimum Gasteiger partial charge on any atom is -0.497 e. The van der Waals surface area contributed by atoms with Crippen LogP contribution in [0.25, 0.3) is 0 Å². The standard InChI is InChI=1S/C27H25F3N6O2S/c1-37-23-13-9-22(10-14-23)36-15-2-16-39-26(36)35-34-17-19-3-5-20(6-4-19)25(31)33-18-32-21-7-11-24(12-8-21)38-27(28,29)30/h3-14,17-18H,2,15-16H2,1H3,(H2,31,32,33)/b34-17+,35-26-. The van der Waals surface area contributed by atoms with E-state index in [1.54, 1.807) is 37.2 Å². The van der Waals surface area contributed by atoms with Gasteiger partial charge < -0.3 is 20.1 Å². The highest BCUT2D eigenvalue weighted by Crippen LogP contribution is 2.27. The Labute approximate surface area is 227 Å². The van der Waals surface area contributed by atoms with Crippen LogP contribution in [-0.2, 0) is 0 Å². The highest BCUT2D eigenvalue weighted by Gasteiger charge is 2.30. The second-order valence-corrected chi connectivity index (χ2v) is 9.16. The number of benzene rings is 3. The summed E-state index contributed by atoms with van der Waals surface area (Å²) in [5.41, 5.74) is 8.97. The molecule has 3 aromatic carbocycles. The van der Waals surface area contributed by atoms with Crippen molar-refractivity contribution in [1.82, 2.24) is 0 Å². The second kappa shape index (κ2) is 13.0. The largest absolute Gasteiger partial charge is 0.573 e. The molecule has 2 N–H and O–H groups in total. The molecule has 0 unspecified atom stereocenters. The molecule has 1 aliphatic rings. The Bertz CT molecular complexity index is 1360. The van der Waals surface area contributed by atoms with Crippen molar-refractivity contribution in [3.8, 4) is 11.5 Å². The molecule has 4 rings (SSSR count). The van der Waals surface area contributed by atoms with Gasteiger partial charge in [0.1, 0.15) is 23.7 Å². The molecule has 0 radical (unpaired) electrons. The Morgan fingerprint density at radius 2 is 1.67 bits per heavy atom. The van der Waals surface area contributed by atoms with E-state index in [4.69, 9.17) is 10.5 Å². The number of thioether (sulfide) groups is 1. The van der Waals surface area contributed by atoms with E-state index in [-0.39, 0.29) is 11.6 Å². The molecule has 0 aliphatic carbocycles. The highest BCUT2D eigenvalue weighted by atomic mass is 32.2. The lowest BCUT2D eigenvalue weighted by Crippen LogP contribution is -2.33. The Kier molecular flexibility index (Phi) is 9.21. The molecule has 0 amide bonds. The Hall–Kier alpha value is -4.32. The van der Waals surface area contributed by atoms with Crippen LogP contribution in [0.5, 0.6) is 11.5 Å². The molecular weight excluding hydrogens is 529 g/mol. The predicted molar refractivity (Wildman–Crippen MR) is 151 cm³/mol. The molecule has 0 spiro atoms. The molecule has 0 aromatic heterocycles. The van der Waals surface area contributed by atoms with Gasteiger partial charge in [-0.15, -0.1) is 18.3 Å². The molecule has 12 heteroatoms. The first-order valence-corrected chi connectivity index (χ1v) is 12.8. The summed E-state index contributed by atoms with van der Waals surface area (Å²) in [4.78, 5) is 10.3. The van der Waals surface area contributed by atoms with Crippen LogP contribution in [0.3, 0.4) is 0 Å². The van der Waals surface area contributed by atoms with E-state index in [0.717, 1.165) is 40.9 Å². The van der Waals surface area contributed by atoms with Gasteiger partial charge in [0.2, 0.25) is 0 Å². The van der Waals surface area contributed by atoms with Gasteiger partial charge in [-0.05, 0) is 60.5 Å². The quantitative estimate of drug-likeness (QED) is 0.210. The molecule has 0 bridgehead atoms. The van der Waals surface area contributed by atoms with Crippen LogP contribution in [0.4, 0.5) is 24.5 Å². The second-order valence-electron chi connectivity index (χ2n) is 8.10. The van der Waals surface area contributed by atoms with Crippen molar-refractivity contribution in [2.24, 2.45) is 25.9 Å². The smallest absolute Gasteiger partial charge is 0.497 e. The van der Waals surface area contributed by atoms with Gasteiger partial charge in [-0.1, -0.05) is 36.0 Å². The molecule has 202 valence electrons.